The molecule has 10 nitrogen and oxygen atoms in total. The van der Waals surface area contributed by atoms with Gasteiger partial charge in [-0.1, -0.05) is 62.7 Å². The smallest absolute Gasteiger partial charge is 0.324 e. The van der Waals surface area contributed by atoms with Gasteiger partial charge in [0, 0.05) is 34.4 Å². The van der Waals surface area contributed by atoms with Gasteiger partial charge in [-0.15, -0.1) is 0 Å². The molecule has 0 aliphatic carbocycles. The number of fused-ring (bicyclic) bond motifs is 1. The summed E-state index contributed by atoms with van der Waals surface area (Å²) in [7, 11) is 2.08. The molecule has 48 heavy (non-hydrogen) atoms. The summed E-state index contributed by atoms with van der Waals surface area (Å²) in [5.41, 5.74) is 4.20. The monoisotopic (exact) mass is 645 g/mol. The fourth-order valence-electron chi connectivity index (χ4n) is 5.79. The Balaban J connectivity index is 1.15. The van der Waals surface area contributed by atoms with E-state index in [1.54, 1.807) is 10.9 Å². The molecular formula is C38H43N7O3. The van der Waals surface area contributed by atoms with E-state index in [1.165, 1.54) is 0 Å². The number of benzene rings is 3. The topological polar surface area (TPSA) is 113 Å². The van der Waals surface area contributed by atoms with Gasteiger partial charge in [0.1, 0.15) is 24.0 Å². The minimum atomic E-state index is -0.380. The van der Waals surface area contributed by atoms with Crippen molar-refractivity contribution >= 4 is 40.0 Å². The van der Waals surface area contributed by atoms with Crippen molar-refractivity contribution in [1.29, 1.82) is 0 Å². The van der Waals surface area contributed by atoms with E-state index < -0.39 is 0 Å². The van der Waals surface area contributed by atoms with Crippen LogP contribution >= 0.6 is 0 Å². The molecule has 0 unspecified atom stereocenters. The fraction of sp³-hybridized carbons (Fsp3) is 0.316. The summed E-state index contributed by atoms with van der Waals surface area (Å²) in [5.74, 6) is 1.79. The van der Waals surface area contributed by atoms with Crippen LogP contribution in [0.25, 0.3) is 16.5 Å². The number of amides is 3. The van der Waals surface area contributed by atoms with Crippen molar-refractivity contribution in [2.45, 2.75) is 52.6 Å². The predicted octanol–water partition coefficient (Wildman–Crippen LogP) is 7.53. The van der Waals surface area contributed by atoms with Crippen LogP contribution in [0.1, 0.15) is 50.4 Å². The minimum absolute atomic E-state index is 0.000198. The Morgan fingerprint density at radius 2 is 1.62 bits per heavy atom. The highest BCUT2D eigenvalue weighted by Crippen LogP contribution is 2.33. The van der Waals surface area contributed by atoms with Crippen LogP contribution in [0, 0.1) is 12.8 Å². The van der Waals surface area contributed by atoms with Gasteiger partial charge in [0.05, 0.1) is 17.1 Å². The lowest BCUT2D eigenvalue weighted by Gasteiger charge is -2.27. The maximum absolute atomic E-state index is 13.4. The molecule has 3 N–H and O–H groups in total. The molecule has 10 heteroatoms. The van der Waals surface area contributed by atoms with E-state index in [4.69, 9.17) is 9.84 Å². The number of rotatable bonds is 8. The molecule has 3 heterocycles. The number of piperidine rings is 1. The van der Waals surface area contributed by atoms with Crippen LogP contribution in [-0.2, 0) is 16.8 Å². The van der Waals surface area contributed by atoms with Gasteiger partial charge in [-0.3, -0.25) is 10.1 Å². The van der Waals surface area contributed by atoms with Gasteiger partial charge >= 0.3 is 6.03 Å². The number of carbonyl (C=O) groups is 2. The van der Waals surface area contributed by atoms with Crippen LogP contribution in [-0.4, -0.2) is 51.7 Å². The zero-order chi connectivity index (χ0) is 33.8. The lowest BCUT2D eigenvalue weighted by Crippen LogP contribution is -2.36. The van der Waals surface area contributed by atoms with Gasteiger partial charge in [0.2, 0.25) is 5.91 Å². The Labute approximate surface area is 281 Å². The first kappa shape index (κ1) is 32.7. The van der Waals surface area contributed by atoms with Crippen LogP contribution in [0.3, 0.4) is 0 Å². The van der Waals surface area contributed by atoms with Crippen LogP contribution in [0.15, 0.2) is 85.1 Å². The summed E-state index contributed by atoms with van der Waals surface area (Å²) >= 11 is 0. The maximum atomic E-state index is 13.4. The second-order valence-corrected chi connectivity index (χ2v) is 13.6. The van der Waals surface area contributed by atoms with Crippen molar-refractivity contribution in [3.63, 3.8) is 0 Å². The molecule has 248 valence electrons. The highest BCUT2D eigenvalue weighted by Gasteiger charge is 2.24. The molecule has 0 bridgehead atoms. The maximum Gasteiger partial charge on any atom is 0.324 e. The number of nitrogens with zero attached hydrogens (tertiary/aromatic N) is 4. The Bertz CT molecular complexity index is 1920. The van der Waals surface area contributed by atoms with Crippen LogP contribution in [0.4, 0.5) is 22.1 Å². The van der Waals surface area contributed by atoms with Crippen molar-refractivity contribution in [2.75, 3.05) is 36.1 Å². The molecule has 3 aromatic carbocycles. The van der Waals surface area contributed by atoms with E-state index in [0.29, 0.717) is 23.1 Å². The Morgan fingerprint density at radius 1 is 0.896 bits per heavy atom. The zero-order valence-corrected chi connectivity index (χ0v) is 28.2. The molecule has 1 aliphatic rings. The van der Waals surface area contributed by atoms with E-state index >= 15 is 0 Å². The first-order valence-corrected chi connectivity index (χ1v) is 16.4. The minimum Gasteiger partial charge on any atom is -0.488 e. The predicted molar refractivity (Wildman–Crippen MR) is 191 cm³/mol. The normalized spacial score (nSPS) is 14.1. The summed E-state index contributed by atoms with van der Waals surface area (Å²) in [6, 6.07) is 24.8. The average molecular weight is 646 g/mol. The first-order valence-electron chi connectivity index (χ1n) is 16.4. The lowest BCUT2D eigenvalue weighted by atomic mass is 9.92. The number of nitrogens with one attached hydrogen (secondary N) is 3. The third kappa shape index (κ3) is 7.66. The molecular weight excluding hydrogens is 602 g/mol. The van der Waals surface area contributed by atoms with Crippen LogP contribution < -0.4 is 20.7 Å². The molecule has 0 radical (unpaired) electrons. The van der Waals surface area contributed by atoms with Gasteiger partial charge in [-0.2, -0.15) is 5.10 Å². The number of carbonyl (C=O) groups excluding carboxylic acids is 2. The number of hydrogen-bond donors (Lipinski definition) is 3. The molecule has 3 amide bonds. The van der Waals surface area contributed by atoms with Gasteiger partial charge in [-0.05, 0) is 81.9 Å². The number of aryl methyl sites for hydroxylation is 1. The molecule has 0 spiro atoms. The molecule has 2 aromatic heterocycles. The molecule has 1 saturated heterocycles. The van der Waals surface area contributed by atoms with Crippen molar-refractivity contribution in [1.82, 2.24) is 19.7 Å². The van der Waals surface area contributed by atoms with Gasteiger partial charge in [0.25, 0.3) is 0 Å². The number of ether oxygens (including phenoxy) is 1. The Morgan fingerprint density at radius 3 is 2.35 bits per heavy atom. The fourth-order valence-corrected chi connectivity index (χ4v) is 5.79. The van der Waals surface area contributed by atoms with E-state index in [2.05, 4.69) is 53.7 Å². The van der Waals surface area contributed by atoms with Crippen LogP contribution in [0.2, 0.25) is 0 Å². The lowest BCUT2D eigenvalue weighted by molar-refractivity contribution is -0.121. The molecule has 0 saturated carbocycles. The highest BCUT2D eigenvalue weighted by atomic mass is 16.5. The summed E-state index contributed by atoms with van der Waals surface area (Å²) in [6.45, 7) is 10.4. The SMILES string of the molecule is Cc1ccc(-n2nc(C(C)(C)C)cc2NC(=O)Nc2ccc(OCc3ccnc(NC(=O)C4CCN(C)CC4)c3)c3ccccc23)cc1. The number of anilines is 3. The molecule has 1 fully saturated rings. The quantitative estimate of drug-likeness (QED) is 0.161. The molecule has 5 aromatic rings. The summed E-state index contributed by atoms with van der Waals surface area (Å²) in [6.07, 6.45) is 3.38. The Hall–Kier alpha value is -5.22. The standard InChI is InChI=1S/C38H43N7O3/c1-25-10-12-28(13-11-25)45-35(23-33(43-45)38(2,3)4)42-37(47)40-31-14-15-32(30-9-7-6-8-29(30)31)48-24-26-16-19-39-34(22-26)41-36(46)27-17-20-44(5)21-18-27/h6-16,19,22-23,27H,17-18,20-21,24H2,1-5H3,(H,39,41,46)(H2,40,42,47). The third-order valence-corrected chi connectivity index (χ3v) is 8.69. The second kappa shape index (κ2) is 13.9. The van der Waals surface area contributed by atoms with E-state index in [1.807, 2.05) is 85.8 Å². The van der Waals surface area contributed by atoms with E-state index in [9.17, 15) is 9.59 Å². The molecule has 0 atom stereocenters. The highest BCUT2D eigenvalue weighted by molar-refractivity contribution is 6.07. The van der Waals surface area contributed by atoms with Crippen LogP contribution in [0.5, 0.6) is 5.75 Å². The van der Waals surface area contributed by atoms with Crippen molar-refractivity contribution in [3.8, 4) is 11.4 Å². The summed E-state index contributed by atoms with van der Waals surface area (Å²) in [5, 5.41) is 15.6. The second-order valence-electron chi connectivity index (χ2n) is 13.6. The molecule has 6 rings (SSSR count). The van der Waals surface area contributed by atoms with Gasteiger partial charge < -0.3 is 20.3 Å². The first-order chi connectivity index (χ1) is 23.0. The van der Waals surface area contributed by atoms with Crippen molar-refractivity contribution in [3.05, 3.63) is 102 Å². The number of hydrogen-bond acceptors (Lipinski definition) is 6. The number of aromatic nitrogens is 3. The van der Waals surface area contributed by atoms with E-state index in [0.717, 1.165) is 59.2 Å². The summed E-state index contributed by atoms with van der Waals surface area (Å²) < 4.78 is 8.03. The van der Waals surface area contributed by atoms with Crippen molar-refractivity contribution in [2.24, 2.45) is 5.92 Å². The van der Waals surface area contributed by atoms with Crippen molar-refractivity contribution < 1.29 is 14.3 Å². The average Bonchev–Trinajstić information content (AvgIpc) is 3.49. The largest absolute Gasteiger partial charge is 0.488 e. The zero-order valence-electron chi connectivity index (χ0n) is 28.2. The Kier molecular flexibility index (Phi) is 9.45. The van der Waals surface area contributed by atoms with Gasteiger partial charge in [-0.25, -0.2) is 14.5 Å². The number of urea groups is 1. The summed E-state index contributed by atoms with van der Waals surface area (Å²) in [4.78, 5) is 32.8. The third-order valence-electron chi connectivity index (χ3n) is 8.69. The van der Waals surface area contributed by atoms with E-state index in [-0.39, 0.29) is 29.9 Å². The number of likely N-dealkylation sites (tertiary alicyclic amines) is 1. The number of pyridine rings is 1. The molecule has 1 aliphatic heterocycles. The van der Waals surface area contributed by atoms with Gasteiger partial charge in [0.15, 0.2) is 0 Å².